The zero-order valence-electron chi connectivity index (χ0n) is 16.7. The maximum atomic E-state index is 13.1. The lowest BCUT2D eigenvalue weighted by Crippen LogP contribution is -2.00. The summed E-state index contributed by atoms with van der Waals surface area (Å²) in [7, 11) is 0. The summed E-state index contributed by atoms with van der Waals surface area (Å²) in [5.41, 5.74) is 6.73. The molecule has 1 heterocycles. The Hall–Kier alpha value is -3.76. The first-order valence-electron chi connectivity index (χ1n) is 9.65. The lowest BCUT2D eigenvalue weighted by Gasteiger charge is -2.11. The van der Waals surface area contributed by atoms with Crippen LogP contribution in [0.5, 0.6) is 0 Å². The third-order valence-corrected chi connectivity index (χ3v) is 5.15. The van der Waals surface area contributed by atoms with Gasteiger partial charge in [0.2, 0.25) is 0 Å². The summed E-state index contributed by atoms with van der Waals surface area (Å²) >= 11 is 6.07. The number of pyridine rings is 1. The van der Waals surface area contributed by atoms with E-state index in [1.54, 1.807) is 0 Å². The van der Waals surface area contributed by atoms with Crippen LogP contribution in [0.4, 0.5) is 0 Å². The number of aliphatic carboxylic acids is 1. The maximum Gasteiger partial charge on any atom is 0.300 e. The quantitative estimate of drug-likeness (QED) is 0.355. The van der Waals surface area contributed by atoms with Gasteiger partial charge < -0.3 is 5.11 Å². The molecule has 1 aliphatic carbocycles. The summed E-state index contributed by atoms with van der Waals surface area (Å²) in [4.78, 5) is 27.0. The van der Waals surface area contributed by atoms with Crippen LogP contribution >= 0.6 is 11.6 Å². The molecule has 152 valence electrons. The third-order valence-electron chi connectivity index (χ3n) is 4.90. The largest absolute Gasteiger partial charge is 0.481 e. The smallest absolute Gasteiger partial charge is 0.300 e. The van der Waals surface area contributed by atoms with Gasteiger partial charge in [0.25, 0.3) is 5.97 Å². The van der Waals surface area contributed by atoms with Crippen LogP contribution in [-0.2, 0) is 4.79 Å². The molecule has 0 fully saturated rings. The molecule has 1 aromatic heterocycles. The van der Waals surface area contributed by atoms with E-state index in [1.807, 2.05) is 84.9 Å². The van der Waals surface area contributed by atoms with Gasteiger partial charge in [0.05, 0.1) is 17.0 Å². The third kappa shape index (κ3) is 4.11. The Kier molecular flexibility index (Phi) is 5.65. The zero-order valence-corrected chi connectivity index (χ0v) is 17.4. The fraction of sp³-hybridized carbons (Fsp3) is 0.0385. The van der Waals surface area contributed by atoms with Crippen molar-refractivity contribution in [2.24, 2.45) is 0 Å². The fourth-order valence-electron chi connectivity index (χ4n) is 3.61. The van der Waals surface area contributed by atoms with Crippen LogP contribution in [0, 0.1) is 0 Å². The van der Waals surface area contributed by atoms with E-state index in [9.17, 15) is 4.79 Å². The first-order chi connectivity index (χ1) is 15.0. The Morgan fingerprint density at radius 3 is 2.03 bits per heavy atom. The van der Waals surface area contributed by atoms with Crippen molar-refractivity contribution < 1.29 is 14.7 Å². The molecule has 1 N–H and O–H groups in total. The second kappa shape index (κ2) is 8.54. The number of carboxylic acids is 1. The van der Waals surface area contributed by atoms with Gasteiger partial charge in [-0.3, -0.25) is 9.59 Å². The van der Waals surface area contributed by atoms with E-state index in [0.717, 1.165) is 40.6 Å². The monoisotopic (exact) mass is 427 g/mol. The van der Waals surface area contributed by atoms with E-state index in [2.05, 4.69) is 0 Å². The molecule has 0 bridgehead atoms. The van der Waals surface area contributed by atoms with Gasteiger partial charge >= 0.3 is 0 Å². The second-order valence-electron chi connectivity index (χ2n) is 7.05. The molecule has 4 nitrogen and oxygen atoms in total. The number of ketones is 1. The first-order valence-corrected chi connectivity index (χ1v) is 10.0. The zero-order chi connectivity index (χ0) is 22.0. The van der Waals surface area contributed by atoms with Crippen molar-refractivity contribution in [2.75, 3.05) is 0 Å². The van der Waals surface area contributed by atoms with Crippen LogP contribution in [0.1, 0.15) is 22.8 Å². The maximum absolute atomic E-state index is 13.1. The summed E-state index contributed by atoms with van der Waals surface area (Å²) in [6, 6.07) is 27.3. The standard InChI is InChI=1S/C24H14ClNO.C2H4O2/c25-17-12-10-15(11-13-17)20-14-21(16-6-2-1-3-7-16)26-23-18-8-4-5-9-19(18)24(27)22(20)23;1-2(3)4/h1-14H;1H3,(H,3,4). The van der Waals surface area contributed by atoms with Crippen molar-refractivity contribution in [3.63, 3.8) is 0 Å². The molecule has 0 saturated heterocycles. The minimum atomic E-state index is -0.833. The molecule has 0 aliphatic heterocycles. The van der Waals surface area contributed by atoms with Gasteiger partial charge in [0.1, 0.15) is 0 Å². The Morgan fingerprint density at radius 1 is 0.806 bits per heavy atom. The van der Waals surface area contributed by atoms with Crippen LogP contribution in [-0.4, -0.2) is 21.8 Å². The number of hydrogen-bond donors (Lipinski definition) is 1. The molecule has 0 unspecified atom stereocenters. The Balaban J connectivity index is 0.000000535. The van der Waals surface area contributed by atoms with Gasteiger partial charge in [-0.05, 0) is 29.3 Å². The molecule has 31 heavy (non-hydrogen) atoms. The van der Waals surface area contributed by atoms with Crippen molar-refractivity contribution >= 4 is 23.4 Å². The lowest BCUT2D eigenvalue weighted by molar-refractivity contribution is -0.134. The van der Waals surface area contributed by atoms with Crippen LogP contribution in [0.2, 0.25) is 5.02 Å². The highest BCUT2D eigenvalue weighted by atomic mass is 35.5. The van der Waals surface area contributed by atoms with E-state index in [-0.39, 0.29) is 5.78 Å². The average Bonchev–Trinajstić information content (AvgIpc) is 3.06. The molecular weight excluding hydrogens is 410 g/mol. The minimum absolute atomic E-state index is 0.0256. The molecule has 0 spiro atoms. The van der Waals surface area contributed by atoms with Crippen LogP contribution in [0.15, 0.2) is 84.9 Å². The topological polar surface area (TPSA) is 67.3 Å². The number of hydrogen-bond acceptors (Lipinski definition) is 3. The highest BCUT2D eigenvalue weighted by Crippen LogP contribution is 2.42. The second-order valence-corrected chi connectivity index (χ2v) is 7.48. The summed E-state index contributed by atoms with van der Waals surface area (Å²) in [6.07, 6.45) is 0. The summed E-state index contributed by atoms with van der Waals surface area (Å²) in [6.45, 7) is 1.08. The minimum Gasteiger partial charge on any atom is -0.481 e. The number of aromatic nitrogens is 1. The first kappa shape index (κ1) is 20.5. The van der Waals surface area contributed by atoms with Gasteiger partial charge in [-0.25, -0.2) is 4.98 Å². The molecule has 5 rings (SSSR count). The van der Waals surface area contributed by atoms with E-state index >= 15 is 0 Å². The molecule has 0 radical (unpaired) electrons. The fourth-order valence-corrected chi connectivity index (χ4v) is 3.73. The van der Waals surface area contributed by atoms with Crippen molar-refractivity contribution in [1.82, 2.24) is 4.98 Å². The van der Waals surface area contributed by atoms with Gasteiger partial charge in [-0.2, -0.15) is 0 Å². The van der Waals surface area contributed by atoms with E-state index in [4.69, 9.17) is 26.5 Å². The summed E-state index contributed by atoms with van der Waals surface area (Å²) < 4.78 is 0. The average molecular weight is 428 g/mol. The molecule has 0 amide bonds. The van der Waals surface area contributed by atoms with E-state index < -0.39 is 5.97 Å². The number of fused-ring (bicyclic) bond motifs is 3. The molecule has 0 atom stereocenters. The van der Waals surface area contributed by atoms with Crippen molar-refractivity contribution in [3.8, 4) is 33.6 Å². The summed E-state index contributed by atoms with van der Waals surface area (Å²) in [5, 5.41) is 8.09. The van der Waals surface area contributed by atoms with Crippen LogP contribution < -0.4 is 0 Å². The highest BCUT2D eigenvalue weighted by Gasteiger charge is 2.31. The molecular formula is C26H18ClNO3. The van der Waals surface area contributed by atoms with Crippen molar-refractivity contribution in [3.05, 3.63) is 101 Å². The number of halogens is 1. The van der Waals surface area contributed by atoms with Crippen molar-refractivity contribution in [1.29, 1.82) is 0 Å². The number of carboxylic acid groups (broad SMARTS) is 1. The predicted octanol–water partition coefficient (Wildman–Crippen LogP) is 6.37. The number of rotatable bonds is 2. The SMILES string of the molecule is CC(=O)O.O=C1c2ccccc2-c2nc(-c3ccccc3)cc(-c3ccc(Cl)cc3)c21. The predicted molar refractivity (Wildman–Crippen MR) is 122 cm³/mol. The molecule has 4 aromatic rings. The van der Waals surface area contributed by atoms with E-state index in [1.165, 1.54) is 0 Å². The van der Waals surface area contributed by atoms with Crippen LogP contribution in [0.25, 0.3) is 33.6 Å². The number of carbonyl (C=O) groups is 2. The Morgan fingerprint density at radius 2 is 1.39 bits per heavy atom. The Labute approximate surface area is 184 Å². The highest BCUT2D eigenvalue weighted by molar-refractivity contribution is 6.30. The molecule has 3 aromatic carbocycles. The van der Waals surface area contributed by atoms with E-state index in [0.29, 0.717) is 16.1 Å². The van der Waals surface area contributed by atoms with Crippen molar-refractivity contribution in [2.45, 2.75) is 6.92 Å². The van der Waals surface area contributed by atoms with Crippen LogP contribution in [0.3, 0.4) is 0 Å². The van der Waals surface area contributed by atoms with Gasteiger partial charge in [-0.15, -0.1) is 0 Å². The van der Waals surface area contributed by atoms with Gasteiger partial charge in [0.15, 0.2) is 5.78 Å². The lowest BCUT2D eigenvalue weighted by atomic mass is 9.96. The molecule has 1 aliphatic rings. The number of benzene rings is 3. The molecule has 5 heteroatoms. The Bertz CT molecular complexity index is 1280. The molecule has 0 saturated carbocycles. The number of carbonyl (C=O) groups excluding carboxylic acids is 1. The van der Waals surface area contributed by atoms with Gasteiger partial charge in [0, 0.05) is 28.6 Å². The number of nitrogens with zero attached hydrogens (tertiary/aromatic N) is 1. The summed E-state index contributed by atoms with van der Waals surface area (Å²) in [5.74, 6) is -0.808. The normalized spacial score (nSPS) is 11.2. The van der Waals surface area contributed by atoms with Gasteiger partial charge in [-0.1, -0.05) is 78.3 Å².